The number of pyridine rings is 1. The smallest absolute Gasteiger partial charge is 0.255 e. The van der Waals surface area contributed by atoms with Crippen molar-refractivity contribution in [2.75, 3.05) is 10.0 Å². The zero-order valence-corrected chi connectivity index (χ0v) is 18.2. The third kappa shape index (κ3) is 4.29. The molecule has 0 amide bonds. The second kappa shape index (κ2) is 7.42. The highest BCUT2D eigenvalue weighted by Gasteiger charge is 2.36. The van der Waals surface area contributed by atoms with Gasteiger partial charge in [-0.2, -0.15) is 0 Å². The number of hydrogen-bond donors (Lipinski definition) is 2. The summed E-state index contributed by atoms with van der Waals surface area (Å²) in [6, 6.07) is 6.18. The van der Waals surface area contributed by atoms with Crippen molar-refractivity contribution in [2.45, 2.75) is 37.9 Å². The van der Waals surface area contributed by atoms with Gasteiger partial charge >= 0.3 is 0 Å². The third-order valence-corrected chi connectivity index (χ3v) is 6.99. The fourth-order valence-corrected chi connectivity index (χ4v) is 4.58. The van der Waals surface area contributed by atoms with Crippen molar-refractivity contribution in [1.82, 2.24) is 4.57 Å². The van der Waals surface area contributed by atoms with Gasteiger partial charge in [0.2, 0.25) is 10.0 Å². The molecule has 0 spiro atoms. The van der Waals surface area contributed by atoms with Crippen molar-refractivity contribution in [3.63, 3.8) is 0 Å². The van der Waals surface area contributed by atoms with Crippen molar-refractivity contribution in [2.24, 2.45) is 7.05 Å². The first-order valence-corrected chi connectivity index (χ1v) is 11.2. The van der Waals surface area contributed by atoms with Crippen molar-refractivity contribution in [1.29, 1.82) is 0 Å². The summed E-state index contributed by atoms with van der Waals surface area (Å²) in [7, 11) is -2.01. The number of anilines is 3. The quantitative estimate of drug-likeness (QED) is 0.584. The molecule has 0 bridgehead atoms. The van der Waals surface area contributed by atoms with Crippen LogP contribution in [0.1, 0.15) is 38.2 Å². The lowest BCUT2D eigenvalue weighted by Crippen LogP contribution is -2.27. The van der Waals surface area contributed by atoms with Crippen LogP contribution < -0.4 is 15.6 Å². The molecule has 0 atom stereocenters. The SMILES string of the molecule is CC(C)c1cc(NS(=O)(=O)C2CC2)c(Nc2ccc(I)cc2F)n(C)c1=O. The molecule has 0 saturated heterocycles. The zero-order valence-electron chi connectivity index (χ0n) is 15.2. The van der Waals surface area contributed by atoms with E-state index in [1.165, 1.54) is 17.7 Å². The minimum absolute atomic E-state index is 0.0861. The molecule has 9 heteroatoms. The molecular formula is C18H21FIN3O3S. The molecule has 146 valence electrons. The second-order valence-electron chi connectivity index (χ2n) is 6.98. The Morgan fingerprint density at radius 1 is 1.22 bits per heavy atom. The molecule has 1 aromatic heterocycles. The van der Waals surface area contributed by atoms with Crippen LogP contribution in [0.2, 0.25) is 0 Å². The molecule has 1 aromatic carbocycles. The molecule has 1 heterocycles. The molecule has 1 saturated carbocycles. The van der Waals surface area contributed by atoms with Crippen LogP contribution in [0.3, 0.4) is 0 Å². The van der Waals surface area contributed by atoms with E-state index >= 15 is 0 Å². The van der Waals surface area contributed by atoms with E-state index in [-0.39, 0.29) is 28.7 Å². The molecule has 0 unspecified atom stereocenters. The van der Waals surface area contributed by atoms with Gasteiger partial charge in [-0.25, -0.2) is 12.8 Å². The van der Waals surface area contributed by atoms with Gasteiger partial charge < -0.3 is 5.32 Å². The maximum absolute atomic E-state index is 14.3. The average Bonchev–Trinajstić information content (AvgIpc) is 3.41. The van der Waals surface area contributed by atoms with Gasteiger partial charge in [0, 0.05) is 16.2 Å². The van der Waals surface area contributed by atoms with Crippen molar-refractivity contribution in [3.05, 3.63) is 49.6 Å². The van der Waals surface area contributed by atoms with Gasteiger partial charge in [0.15, 0.2) is 0 Å². The number of nitrogens with zero attached hydrogens (tertiary/aromatic N) is 1. The van der Waals surface area contributed by atoms with E-state index in [0.29, 0.717) is 18.4 Å². The summed E-state index contributed by atoms with van der Waals surface area (Å²) < 4.78 is 43.8. The molecule has 3 rings (SSSR count). The molecule has 1 fully saturated rings. The summed E-state index contributed by atoms with van der Waals surface area (Å²) in [4.78, 5) is 12.7. The Morgan fingerprint density at radius 3 is 2.44 bits per heavy atom. The van der Waals surface area contributed by atoms with E-state index in [0.717, 1.165) is 3.57 Å². The molecule has 2 aromatic rings. The van der Waals surface area contributed by atoms with E-state index in [4.69, 9.17) is 0 Å². The third-order valence-electron chi connectivity index (χ3n) is 4.46. The maximum Gasteiger partial charge on any atom is 0.255 e. The number of aromatic nitrogens is 1. The molecule has 1 aliphatic carbocycles. The zero-order chi connectivity index (χ0) is 19.9. The van der Waals surface area contributed by atoms with Crippen LogP contribution in [-0.2, 0) is 17.1 Å². The van der Waals surface area contributed by atoms with E-state index in [9.17, 15) is 17.6 Å². The van der Waals surface area contributed by atoms with Crippen LogP contribution in [0.4, 0.5) is 21.6 Å². The highest BCUT2D eigenvalue weighted by molar-refractivity contribution is 14.1. The number of hydrogen-bond acceptors (Lipinski definition) is 4. The Hall–Kier alpha value is -1.62. The first kappa shape index (κ1) is 20.1. The van der Waals surface area contributed by atoms with E-state index < -0.39 is 21.1 Å². The fraction of sp³-hybridized carbons (Fsp3) is 0.389. The van der Waals surface area contributed by atoms with E-state index in [1.807, 2.05) is 36.4 Å². The summed E-state index contributed by atoms with van der Waals surface area (Å²) in [6.07, 6.45) is 1.24. The van der Waals surface area contributed by atoms with Crippen molar-refractivity contribution >= 4 is 49.8 Å². The monoisotopic (exact) mass is 505 g/mol. The van der Waals surface area contributed by atoms with E-state index in [1.54, 1.807) is 18.2 Å². The van der Waals surface area contributed by atoms with Gasteiger partial charge in [-0.15, -0.1) is 0 Å². The van der Waals surface area contributed by atoms with Crippen molar-refractivity contribution < 1.29 is 12.8 Å². The van der Waals surface area contributed by atoms with Crippen LogP contribution in [0.5, 0.6) is 0 Å². The largest absolute Gasteiger partial charge is 0.337 e. The van der Waals surface area contributed by atoms with Gasteiger partial charge in [0.25, 0.3) is 5.56 Å². The van der Waals surface area contributed by atoms with Crippen LogP contribution in [0, 0.1) is 9.39 Å². The minimum atomic E-state index is -3.54. The fourth-order valence-electron chi connectivity index (χ4n) is 2.74. The van der Waals surface area contributed by atoms with Crippen molar-refractivity contribution in [3.8, 4) is 0 Å². The van der Waals surface area contributed by atoms with Crippen LogP contribution in [0.15, 0.2) is 29.1 Å². The maximum atomic E-state index is 14.3. The summed E-state index contributed by atoms with van der Waals surface area (Å²) in [5.74, 6) is -0.371. The van der Waals surface area contributed by atoms with Gasteiger partial charge in [-0.3, -0.25) is 14.1 Å². The van der Waals surface area contributed by atoms with Crippen LogP contribution in [0.25, 0.3) is 0 Å². The van der Waals surface area contributed by atoms with Gasteiger partial charge in [0.05, 0.1) is 16.6 Å². The predicted octanol–water partition coefficient (Wildman–Crippen LogP) is 3.90. The second-order valence-corrected chi connectivity index (χ2v) is 10.2. The highest BCUT2D eigenvalue weighted by Crippen LogP contribution is 2.34. The van der Waals surface area contributed by atoms with Gasteiger partial charge in [0.1, 0.15) is 11.6 Å². The first-order chi connectivity index (χ1) is 12.6. The number of rotatable bonds is 6. The number of halogens is 2. The summed E-state index contributed by atoms with van der Waals surface area (Å²) in [6.45, 7) is 3.73. The Bertz CT molecular complexity index is 1050. The van der Waals surface area contributed by atoms with Crippen LogP contribution in [-0.4, -0.2) is 18.2 Å². The molecule has 2 N–H and O–H groups in total. The number of sulfonamides is 1. The normalized spacial score (nSPS) is 14.4. The van der Waals surface area contributed by atoms with Crippen LogP contribution >= 0.6 is 22.6 Å². The Labute approximate surface area is 171 Å². The molecule has 1 aliphatic rings. The highest BCUT2D eigenvalue weighted by atomic mass is 127. The summed E-state index contributed by atoms with van der Waals surface area (Å²) in [5, 5.41) is 2.47. The lowest BCUT2D eigenvalue weighted by molar-refractivity contribution is 0.600. The standard InChI is InChI=1S/C18H21FIN3O3S/c1-10(2)13-9-16(22-27(25,26)12-5-6-12)17(23(3)18(13)24)21-15-7-4-11(20)8-14(15)19/h4,7-10,12,21-22H,5-6H2,1-3H3. The van der Waals surface area contributed by atoms with Gasteiger partial charge in [-0.05, 0) is 65.6 Å². The lowest BCUT2D eigenvalue weighted by Gasteiger charge is -2.20. The van der Waals surface area contributed by atoms with E-state index in [2.05, 4.69) is 10.0 Å². The Kier molecular flexibility index (Phi) is 5.53. The Balaban J connectivity index is 2.12. The molecule has 0 radical (unpaired) electrons. The lowest BCUT2D eigenvalue weighted by atomic mass is 10.0. The number of benzene rings is 1. The minimum Gasteiger partial charge on any atom is -0.337 e. The number of nitrogens with one attached hydrogen (secondary N) is 2. The average molecular weight is 505 g/mol. The van der Waals surface area contributed by atoms with Gasteiger partial charge in [-0.1, -0.05) is 13.8 Å². The molecule has 6 nitrogen and oxygen atoms in total. The first-order valence-electron chi connectivity index (χ1n) is 8.57. The summed E-state index contributed by atoms with van der Waals surface area (Å²) >= 11 is 2.00. The molecule has 0 aliphatic heterocycles. The topological polar surface area (TPSA) is 80.2 Å². The summed E-state index contributed by atoms with van der Waals surface area (Å²) in [5.41, 5.74) is 0.632. The Morgan fingerprint density at radius 2 is 1.89 bits per heavy atom. The molecule has 27 heavy (non-hydrogen) atoms. The predicted molar refractivity (Wildman–Crippen MR) is 114 cm³/mol. The molecular weight excluding hydrogens is 484 g/mol.